The van der Waals surface area contributed by atoms with Crippen LogP contribution >= 0.6 is 0 Å². The number of ether oxygens (including phenoxy) is 3. The summed E-state index contributed by atoms with van der Waals surface area (Å²) in [5, 5.41) is 2.68. The number of nitrogens with zero attached hydrogens (tertiary/aromatic N) is 1. The number of methoxy groups -OCH3 is 1. The molecule has 0 fully saturated rings. The first kappa shape index (κ1) is 27.5. The number of carbonyl (C=O) groups is 2. The average molecular weight is 509 g/mol. The van der Waals surface area contributed by atoms with Gasteiger partial charge in [-0.2, -0.15) is 0 Å². The topological polar surface area (TPSA) is 77.1 Å². The van der Waals surface area contributed by atoms with Crippen LogP contribution in [-0.4, -0.2) is 42.7 Å². The average Bonchev–Trinajstić information content (AvgIpc) is 2.86. The minimum atomic E-state index is -0.630. The van der Waals surface area contributed by atoms with Crippen LogP contribution in [0.2, 0.25) is 0 Å². The Kier molecular flexibility index (Phi) is 9.49. The zero-order valence-electron chi connectivity index (χ0n) is 21.6. The van der Waals surface area contributed by atoms with Crippen LogP contribution in [0, 0.1) is 5.82 Å². The number of hydrogen-bond acceptors (Lipinski definition) is 5. The number of carbonyl (C=O) groups excluding carboxylic acids is 2. The van der Waals surface area contributed by atoms with Crippen molar-refractivity contribution in [3.63, 3.8) is 0 Å². The number of rotatable bonds is 10. The fourth-order valence-electron chi connectivity index (χ4n) is 3.52. The largest absolute Gasteiger partial charge is 0.493 e. The second-order valence-corrected chi connectivity index (χ2v) is 9.42. The molecule has 2 amide bonds. The Labute approximate surface area is 217 Å². The van der Waals surface area contributed by atoms with Crippen LogP contribution in [0.25, 0.3) is 0 Å². The first-order chi connectivity index (χ1) is 17.6. The Morgan fingerprint density at radius 3 is 2.27 bits per heavy atom. The maximum Gasteiger partial charge on any atom is 0.407 e. The maximum absolute atomic E-state index is 13.4. The molecule has 3 aromatic rings. The number of alkyl carbamates (subject to hydrolysis) is 1. The number of hydrogen-bond donors (Lipinski definition) is 1. The lowest BCUT2D eigenvalue weighted by Crippen LogP contribution is -2.40. The predicted molar refractivity (Wildman–Crippen MR) is 139 cm³/mol. The molecule has 8 heteroatoms. The summed E-state index contributed by atoms with van der Waals surface area (Å²) in [6.07, 6.45) is -0.566. The number of benzene rings is 3. The molecule has 0 unspecified atom stereocenters. The SMILES string of the molecule is COc1cc(CN(CCNC(=O)OC(C)(C)C)C(=O)c2ccc(F)cc2)ccc1OCc1ccccc1. The molecule has 1 N–H and O–H groups in total. The highest BCUT2D eigenvalue weighted by atomic mass is 19.1. The summed E-state index contributed by atoms with van der Waals surface area (Å²) in [5.74, 6) is 0.396. The molecule has 0 bridgehead atoms. The fraction of sp³-hybridized carbons (Fsp3) is 0.310. The number of halogens is 1. The van der Waals surface area contributed by atoms with Gasteiger partial charge in [0.25, 0.3) is 5.91 Å². The highest BCUT2D eigenvalue weighted by Gasteiger charge is 2.19. The van der Waals surface area contributed by atoms with Gasteiger partial charge in [-0.25, -0.2) is 9.18 Å². The molecule has 3 aromatic carbocycles. The van der Waals surface area contributed by atoms with Gasteiger partial charge in [0.2, 0.25) is 0 Å². The predicted octanol–water partition coefficient (Wildman–Crippen LogP) is 5.58. The highest BCUT2D eigenvalue weighted by molar-refractivity contribution is 5.94. The van der Waals surface area contributed by atoms with E-state index in [9.17, 15) is 14.0 Å². The Balaban J connectivity index is 1.73. The van der Waals surface area contributed by atoms with Gasteiger partial charge in [-0.05, 0) is 68.3 Å². The van der Waals surface area contributed by atoms with E-state index in [-0.39, 0.29) is 25.5 Å². The first-order valence-electron chi connectivity index (χ1n) is 12.0. The molecular weight excluding hydrogens is 475 g/mol. The summed E-state index contributed by atoms with van der Waals surface area (Å²) in [5.41, 5.74) is 1.54. The summed E-state index contributed by atoms with van der Waals surface area (Å²) in [6, 6.07) is 20.6. The summed E-state index contributed by atoms with van der Waals surface area (Å²) in [7, 11) is 1.56. The lowest BCUT2D eigenvalue weighted by Gasteiger charge is -2.25. The molecule has 7 nitrogen and oxygen atoms in total. The van der Waals surface area contributed by atoms with Crippen molar-refractivity contribution in [2.24, 2.45) is 0 Å². The molecule has 0 aliphatic rings. The molecule has 0 aliphatic heterocycles. The summed E-state index contributed by atoms with van der Waals surface area (Å²) in [6.45, 7) is 6.34. The van der Waals surface area contributed by atoms with Crippen molar-refractivity contribution < 1.29 is 28.2 Å². The second kappa shape index (κ2) is 12.8. The van der Waals surface area contributed by atoms with Crippen LogP contribution in [0.15, 0.2) is 72.8 Å². The molecule has 0 spiro atoms. The third kappa shape index (κ3) is 8.83. The zero-order valence-corrected chi connectivity index (χ0v) is 21.6. The molecule has 0 saturated carbocycles. The van der Waals surface area contributed by atoms with Crippen molar-refractivity contribution in [1.82, 2.24) is 10.2 Å². The standard InChI is InChI=1S/C29H33FN2O5/c1-29(2,3)37-28(34)31-16-17-32(27(33)23-11-13-24(30)14-12-23)19-22-10-15-25(26(18-22)35-4)36-20-21-8-6-5-7-9-21/h5-15,18H,16-17,19-20H2,1-4H3,(H,31,34). The molecule has 3 rings (SSSR count). The van der Waals surface area contributed by atoms with Crippen molar-refractivity contribution in [3.05, 3.63) is 95.3 Å². The monoisotopic (exact) mass is 508 g/mol. The Bertz CT molecular complexity index is 1180. The van der Waals surface area contributed by atoms with Crippen LogP contribution in [0.1, 0.15) is 42.3 Å². The van der Waals surface area contributed by atoms with E-state index in [1.807, 2.05) is 42.5 Å². The first-order valence-corrected chi connectivity index (χ1v) is 12.0. The van der Waals surface area contributed by atoms with Crippen LogP contribution in [0.4, 0.5) is 9.18 Å². The molecule has 0 aliphatic carbocycles. The van der Waals surface area contributed by atoms with Gasteiger partial charge in [-0.3, -0.25) is 4.79 Å². The van der Waals surface area contributed by atoms with E-state index in [1.54, 1.807) is 38.8 Å². The normalized spacial score (nSPS) is 10.9. The van der Waals surface area contributed by atoms with Crippen LogP contribution in [-0.2, 0) is 17.9 Å². The molecular formula is C29H33FN2O5. The van der Waals surface area contributed by atoms with E-state index in [4.69, 9.17) is 14.2 Å². The van der Waals surface area contributed by atoms with Crippen LogP contribution < -0.4 is 14.8 Å². The van der Waals surface area contributed by atoms with Gasteiger partial charge in [0, 0.05) is 25.2 Å². The van der Waals surface area contributed by atoms with Gasteiger partial charge in [-0.1, -0.05) is 36.4 Å². The molecule has 0 radical (unpaired) electrons. The molecule has 37 heavy (non-hydrogen) atoms. The Morgan fingerprint density at radius 2 is 1.62 bits per heavy atom. The van der Waals surface area contributed by atoms with Crippen molar-refractivity contribution in [2.45, 2.75) is 39.5 Å². The minimum Gasteiger partial charge on any atom is -0.493 e. The lowest BCUT2D eigenvalue weighted by atomic mass is 10.1. The third-order valence-electron chi connectivity index (χ3n) is 5.27. The van der Waals surface area contributed by atoms with Crippen molar-refractivity contribution in [1.29, 1.82) is 0 Å². The number of amides is 2. The van der Waals surface area contributed by atoms with Crippen molar-refractivity contribution in [2.75, 3.05) is 20.2 Å². The summed E-state index contributed by atoms with van der Waals surface area (Å²) in [4.78, 5) is 26.9. The molecule has 196 valence electrons. The van der Waals surface area contributed by atoms with Crippen LogP contribution in [0.5, 0.6) is 11.5 Å². The van der Waals surface area contributed by atoms with Crippen molar-refractivity contribution >= 4 is 12.0 Å². The van der Waals surface area contributed by atoms with E-state index in [2.05, 4.69) is 5.32 Å². The number of nitrogens with one attached hydrogen (secondary N) is 1. The molecule has 0 heterocycles. The second-order valence-electron chi connectivity index (χ2n) is 9.42. The van der Waals surface area contributed by atoms with Gasteiger partial charge in [0.15, 0.2) is 11.5 Å². The maximum atomic E-state index is 13.4. The molecule has 0 atom stereocenters. The van der Waals surface area contributed by atoms with Gasteiger partial charge >= 0.3 is 6.09 Å². The smallest absolute Gasteiger partial charge is 0.407 e. The zero-order chi connectivity index (χ0) is 26.8. The lowest BCUT2D eigenvalue weighted by molar-refractivity contribution is 0.0512. The molecule has 0 saturated heterocycles. The Morgan fingerprint density at radius 1 is 0.919 bits per heavy atom. The van der Waals surface area contributed by atoms with E-state index in [0.717, 1.165) is 11.1 Å². The molecule has 0 aromatic heterocycles. The van der Waals surface area contributed by atoms with E-state index >= 15 is 0 Å². The van der Waals surface area contributed by atoms with Gasteiger partial charge in [0.05, 0.1) is 7.11 Å². The quantitative estimate of drug-likeness (QED) is 0.387. The highest BCUT2D eigenvalue weighted by Crippen LogP contribution is 2.29. The van der Waals surface area contributed by atoms with Gasteiger partial charge < -0.3 is 24.4 Å². The van der Waals surface area contributed by atoms with Gasteiger partial charge in [-0.15, -0.1) is 0 Å². The van der Waals surface area contributed by atoms with Gasteiger partial charge in [0.1, 0.15) is 18.0 Å². The summed E-state index contributed by atoms with van der Waals surface area (Å²) >= 11 is 0. The van der Waals surface area contributed by atoms with Crippen molar-refractivity contribution in [3.8, 4) is 11.5 Å². The third-order valence-corrected chi connectivity index (χ3v) is 5.27. The van der Waals surface area contributed by atoms with Crippen LogP contribution in [0.3, 0.4) is 0 Å². The van der Waals surface area contributed by atoms with E-state index in [0.29, 0.717) is 23.7 Å². The van der Waals surface area contributed by atoms with E-state index in [1.165, 1.54) is 24.3 Å². The minimum absolute atomic E-state index is 0.178. The van der Waals surface area contributed by atoms with E-state index < -0.39 is 17.5 Å². The summed E-state index contributed by atoms with van der Waals surface area (Å²) < 4.78 is 30.1. The fourth-order valence-corrected chi connectivity index (χ4v) is 3.52. The Hall–Kier alpha value is -4.07.